The molecule has 1 rings (SSSR count). The van der Waals surface area contributed by atoms with Crippen molar-refractivity contribution in [2.24, 2.45) is 0 Å². The molecule has 0 fully saturated rings. The van der Waals surface area contributed by atoms with Crippen LogP contribution in [0.5, 0.6) is 0 Å². The van der Waals surface area contributed by atoms with Gasteiger partial charge in [0.05, 0.1) is 0 Å². The van der Waals surface area contributed by atoms with Gasteiger partial charge in [-0.3, -0.25) is 4.79 Å². The molecule has 17 heavy (non-hydrogen) atoms. The van der Waals surface area contributed by atoms with Crippen molar-refractivity contribution in [2.75, 3.05) is 6.26 Å². The first-order valence-electron chi connectivity index (χ1n) is 6.06. The highest BCUT2D eigenvalue weighted by molar-refractivity contribution is 7.98. The number of thioether (sulfide) groups is 1. The van der Waals surface area contributed by atoms with Crippen LogP contribution in [0.25, 0.3) is 0 Å². The van der Waals surface area contributed by atoms with E-state index in [0.717, 1.165) is 31.2 Å². The molecule has 92 valence electrons. The minimum absolute atomic E-state index is 0.260. The quantitative estimate of drug-likeness (QED) is 0.286. The first-order valence-corrected chi connectivity index (χ1v) is 7.28. The summed E-state index contributed by atoms with van der Waals surface area (Å²) in [5, 5.41) is 0. The van der Waals surface area contributed by atoms with Crippen molar-refractivity contribution in [1.82, 2.24) is 0 Å². The smallest absolute Gasteiger partial charge is 0.162 e. The van der Waals surface area contributed by atoms with Gasteiger partial charge < -0.3 is 0 Å². The van der Waals surface area contributed by atoms with Gasteiger partial charge in [-0.1, -0.05) is 24.6 Å². The van der Waals surface area contributed by atoms with E-state index in [-0.39, 0.29) is 5.78 Å². The Morgan fingerprint density at radius 2 is 1.94 bits per heavy atom. The predicted molar refractivity (Wildman–Crippen MR) is 75.8 cm³/mol. The van der Waals surface area contributed by atoms with Gasteiger partial charge in [0.25, 0.3) is 0 Å². The van der Waals surface area contributed by atoms with Crippen LogP contribution < -0.4 is 0 Å². The average Bonchev–Trinajstić information content (AvgIpc) is 2.38. The van der Waals surface area contributed by atoms with Gasteiger partial charge in [0.2, 0.25) is 0 Å². The molecule has 0 aliphatic rings. The molecule has 1 aromatic rings. The molecule has 0 N–H and O–H groups in total. The number of ketones is 1. The van der Waals surface area contributed by atoms with Crippen molar-refractivity contribution in [1.29, 1.82) is 0 Å². The standard InChI is InChI=1S/C15H20OS/c1-3-4-5-6-7-8-15(16)13-9-11-14(17-2)12-10-13/h3,9-12H,1,4-8H2,2H3. The van der Waals surface area contributed by atoms with Gasteiger partial charge in [-0.2, -0.15) is 0 Å². The molecule has 0 atom stereocenters. The second-order valence-electron chi connectivity index (χ2n) is 4.04. The highest BCUT2D eigenvalue weighted by Gasteiger charge is 2.04. The van der Waals surface area contributed by atoms with Crippen molar-refractivity contribution in [2.45, 2.75) is 37.0 Å². The van der Waals surface area contributed by atoms with Gasteiger partial charge in [0.15, 0.2) is 5.78 Å². The van der Waals surface area contributed by atoms with Crippen molar-refractivity contribution in [3.8, 4) is 0 Å². The minimum Gasteiger partial charge on any atom is -0.294 e. The Balaban J connectivity index is 2.33. The van der Waals surface area contributed by atoms with Gasteiger partial charge in [-0.15, -0.1) is 18.3 Å². The Labute approximate surface area is 108 Å². The lowest BCUT2D eigenvalue weighted by Crippen LogP contribution is -1.98. The van der Waals surface area contributed by atoms with Gasteiger partial charge in [-0.25, -0.2) is 0 Å². The van der Waals surface area contributed by atoms with Crippen LogP contribution in [-0.2, 0) is 0 Å². The van der Waals surface area contributed by atoms with E-state index < -0.39 is 0 Å². The maximum absolute atomic E-state index is 11.9. The molecule has 0 bridgehead atoms. The van der Waals surface area contributed by atoms with Gasteiger partial charge >= 0.3 is 0 Å². The Kier molecular flexibility index (Phi) is 6.71. The van der Waals surface area contributed by atoms with Crippen LogP contribution in [0.3, 0.4) is 0 Å². The molecule has 1 aromatic carbocycles. The zero-order valence-electron chi connectivity index (χ0n) is 10.4. The molecule has 0 spiro atoms. The maximum atomic E-state index is 11.9. The number of carbonyl (C=O) groups excluding carboxylic acids is 1. The highest BCUT2D eigenvalue weighted by atomic mass is 32.2. The molecule has 2 heteroatoms. The van der Waals surface area contributed by atoms with Gasteiger partial charge in [0.1, 0.15) is 0 Å². The number of hydrogen-bond acceptors (Lipinski definition) is 2. The van der Waals surface area contributed by atoms with Gasteiger partial charge in [0, 0.05) is 16.9 Å². The van der Waals surface area contributed by atoms with E-state index in [1.807, 2.05) is 36.6 Å². The van der Waals surface area contributed by atoms with Crippen molar-refractivity contribution in [3.63, 3.8) is 0 Å². The topological polar surface area (TPSA) is 17.1 Å². The SMILES string of the molecule is C=CCCCCCC(=O)c1ccc(SC)cc1. The van der Waals surface area contributed by atoms with Gasteiger partial charge in [-0.05, 0) is 37.7 Å². The summed E-state index contributed by atoms with van der Waals surface area (Å²) >= 11 is 1.70. The van der Waals surface area contributed by atoms with E-state index in [2.05, 4.69) is 6.58 Å². The summed E-state index contributed by atoms with van der Waals surface area (Å²) in [4.78, 5) is 13.1. The summed E-state index contributed by atoms with van der Waals surface area (Å²) in [5.74, 6) is 0.260. The van der Waals surface area contributed by atoms with Crippen LogP contribution in [0, 0.1) is 0 Å². The normalized spacial score (nSPS) is 10.2. The Bertz CT molecular complexity index is 354. The molecule has 0 aliphatic carbocycles. The third kappa shape index (κ3) is 5.22. The molecular formula is C15H20OS. The van der Waals surface area contributed by atoms with E-state index >= 15 is 0 Å². The summed E-state index contributed by atoms with van der Waals surface area (Å²) in [7, 11) is 0. The number of Topliss-reactive ketones (excluding diaryl/α,β-unsaturated/α-hetero) is 1. The third-order valence-electron chi connectivity index (χ3n) is 2.72. The molecule has 0 saturated carbocycles. The Hall–Kier alpha value is -1.02. The number of rotatable bonds is 8. The number of benzene rings is 1. The molecule has 0 heterocycles. The lowest BCUT2D eigenvalue weighted by Gasteiger charge is -2.02. The number of allylic oxidation sites excluding steroid dienone is 1. The van der Waals surface area contributed by atoms with Crippen molar-refractivity contribution in [3.05, 3.63) is 42.5 Å². The molecule has 0 aromatic heterocycles. The van der Waals surface area contributed by atoms with Crippen LogP contribution in [0.4, 0.5) is 0 Å². The molecule has 0 radical (unpaired) electrons. The van der Waals surface area contributed by atoms with E-state index in [4.69, 9.17) is 0 Å². The Morgan fingerprint density at radius 3 is 2.53 bits per heavy atom. The van der Waals surface area contributed by atoms with Crippen molar-refractivity contribution >= 4 is 17.5 Å². The number of hydrogen-bond donors (Lipinski definition) is 0. The average molecular weight is 248 g/mol. The molecule has 0 saturated heterocycles. The first-order chi connectivity index (χ1) is 8.27. The summed E-state index contributed by atoms with van der Waals surface area (Å²) < 4.78 is 0. The maximum Gasteiger partial charge on any atom is 0.162 e. The van der Waals surface area contributed by atoms with Crippen LogP contribution >= 0.6 is 11.8 Å². The lowest BCUT2D eigenvalue weighted by molar-refractivity contribution is 0.0979. The fourth-order valence-electron chi connectivity index (χ4n) is 1.67. The summed E-state index contributed by atoms with van der Waals surface area (Å²) in [5.41, 5.74) is 0.839. The summed E-state index contributed by atoms with van der Waals surface area (Å²) in [6.45, 7) is 3.69. The zero-order chi connectivity index (χ0) is 12.5. The van der Waals surface area contributed by atoms with E-state index in [1.54, 1.807) is 11.8 Å². The van der Waals surface area contributed by atoms with Crippen LogP contribution in [-0.4, -0.2) is 12.0 Å². The van der Waals surface area contributed by atoms with Crippen molar-refractivity contribution < 1.29 is 4.79 Å². The summed E-state index contributed by atoms with van der Waals surface area (Å²) in [6.07, 6.45) is 8.92. The lowest BCUT2D eigenvalue weighted by atomic mass is 10.0. The molecule has 0 unspecified atom stereocenters. The predicted octanol–water partition coefficient (Wildman–Crippen LogP) is 4.73. The third-order valence-corrected chi connectivity index (χ3v) is 3.47. The molecule has 0 aliphatic heterocycles. The van der Waals surface area contributed by atoms with Crippen LogP contribution in [0.2, 0.25) is 0 Å². The van der Waals surface area contributed by atoms with E-state index in [9.17, 15) is 4.79 Å². The largest absolute Gasteiger partial charge is 0.294 e. The second-order valence-corrected chi connectivity index (χ2v) is 4.92. The fourth-order valence-corrected chi connectivity index (χ4v) is 2.08. The fraction of sp³-hybridized carbons (Fsp3) is 0.400. The minimum atomic E-state index is 0.260. The van der Waals surface area contributed by atoms with Crippen LogP contribution in [0.15, 0.2) is 41.8 Å². The number of unbranched alkanes of at least 4 members (excludes halogenated alkanes) is 3. The van der Waals surface area contributed by atoms with E-state index in [1.165, 1.54) is 4.90 Å². The van der Waals surface area contributed by atoms with Crippen LogP contribution in [0.1, 0.15) is 42.5 Å². The monoisotopic (exact) mass is 248 g/mol. The number of carbonyl (C=O) groups is 1. The van der Waals surface area contributed by atoms with E-state index in [0.29, 0.717) is 6.42 Å². The molecule has 0 amide bonds. The zero-order valence-corrected chi connectivity index (χ0v) is 11.3. The first kappa shape index (κ1) is 14.0. The molecular weight excluding hydrogens is 228 g/mol. The second kappa shape index (κ2) is 8.13. The molecule has 1 nitrogen and oxygen atoms in total. The summed E-state index contributed by atoms with van der Waals surface area (Å²) in [6, 6.07) is 7.88. The highest BCUT2D eigenvalue weighted by Crippen LogP contribution is 2.16. The Morgan fingerprint density at radius 1 is 1.24 bits per heavy atom.